The third kappa shape index (κ3) is 4.96. The van der Waals surface area contributed by atoms with E-state index in [1.54, 1.807) is 0 Å². The van der Waals surface area contributed by atoms with Crippen LogP contribution in [0.4, 0.5) is 0 Å². The fraction of sp³-hybridized carbons (Fsp3) is 0.444. The monoisotopic (exact) mass is 610 g/mol. The summed E-state index contributed by atoms with van der Waals surface area (Å²) in [7, 11) is 0. The van der Waals surface area contributed by atoms with Gasteiger partial charge in [-0.1, -0.05) is 0 Å². The molecule has 12 N–H and O–H groups in total. The average Bonchev–Trinajstić information content (AvgIpc) is 2.98. The highest BCUT2D eigenvalue weighted by Crippen LogP contribution is 2.51. The number of aliphatic hydroxyl groups is 8. The number of phenols is 4. The number of ether oxygens (including phenoxy) is 2. The summed E-state index contributed by atoms with van der Waals surface area (Å²) in [6.07, 6.45) is -18.5. The lowest BCUT2D eigenvalue weighted by atomic mass is 9.85. The van der Waals surface area contributed by atoms with Crippen LogP contribution in [0.3, 0.4) is 0 Å². The maximum absolute atomic E-state index is 13.5. The van der Waals surface area contributed by atoms with Crippen LogP contribution in [0.2, 0.25) is 0 Å². The number of hydrogen-bond donors (Lipinski definition) is 12. The molecule has 2 fully saturated rings. The van der Waals surface area contributed by atoms with Gasteiger partial charge >= 0.3 is 0 Å². The van der Waals surface area contributed by atoms with Gasteiger partial charge in [0.25, 0.3) is 0 Å². The Morgan fingerprint density at radius 1 is 0.628 bits per heavy atom. The summed E-state index contributed by atoms with van der Waals surface area (Å²) in [5, 5.41) is 124. The number of benzene rings is 2. The Bertz CT molecular complexity index is 1570. The number of phenolic OH excluding ortho intramolecular Hbond substituents is 4. The molecule has 16 heteroatoms. The Hall–Kier alpha value is -3.55. The smallest absolute Gasteiger partial charge is 0.197 e. The van der Waals surface area contributed by atoms with E-state index in [2.05, 4.69) is 0 Å². The highest BCUT2D eigenvalue weighted by Gasteiger charge is 2.50. The van der Waals surface area contributed by atoms with Gasteiger partial charge in [0.1, 0.15) is 83.7 Å². The maximum Gasteiger partial charge on any atom is 0.197 e. The molecular weight excluding hydrogens is 580 g/mol. The van der Waals surface area contributed by atoms with E-state index in [4.69, 9.17) is 13.9 Å². The van der Waals surface area contributed by atoms with Gasteiger partial charge in [-0.3, -0.25) is 4.79 Å². The summed E-state index contributed by atoms with van der Waals surface area (Å²) >= 11 is 0. The Labute approximate surface area is 240 Å². The molecule has 2 saturated heterocycles. The molecule has 10 atom stereocenters. The minimum absolute atomic E-state index is 0.0334. The minimum atomic E-state index is -2.05. The van der Waals surface area contributed by atoms with Crippen molar-refractivity contribution in [3.63, 3.8) is 0 Å². The Balaban J connectivity index is 1.82. The predicted molar refractivity (Wildman–Crippen MR) is 140 cm³/mol. The second-order valence-electron chi connectivity index (χ2n) is 10.4. The van der Waals surface area contributed by atoms with Crippen LogP contribution in [0.5, 0.6) is 23.0 Å². The van der Waals surface area contributed by atoms with Gasteiger partial charge < -0.3 is 75.2 Å². The highest BCUT2D eigenvalue weighted by atomic mass is 16.6. The van der Waals surface area contributed by atoms with Gasteiger partial charge in [-0.15, -0.1) is 0 Å². The lowest BCUT2D eigenvalue weighted by Gasteiger charge is -2.42. The van der Waals surface area contributed by atoms with Crippen molar-refractivity contribution in [2.24, 2.45) is 0 Å². The topological polar surface area (TPSA) is 291 Å². The molecule has 2 aliphatic rings. The van der Waals surface area contributed by atoms with Crippen molar-refractivity contribution < 1.29 is 75.2 Å². The van der Waals surface area contributed by atoms with Crippen LogP contribution in [-0.2, 0) is 9.47 Å². The first kappa shape index (κ1) is 30.9. The van der Waals surface area contributed by atoms with Crippen molar-refractivity contribution in [2.75, 3.05) is 13.2 Å². The van der Waals surface area contributed by atoms with Crippen molar-refractivity contribution in [1.82, 2.24) is 0 Å². The summed E-state index contributed by atoms with van der Waals surface area (Å²) in [4.78, 5) is 13.5. The van der Waals surface area contributed by atoms with Crippen molar-refractivity contribution in [2.45, 2.75) is 61.0 Å². The largest absolute Gasteiger partial charge is 0.507 e. The molecule has 234 valence electrons. The normalized spacial score (nSPS) is 33.1. The third-order valence-corrected chi connectivity index (χ3v) is 7.81. The fourth-order valence-corrected chi connectivity index (χ4v) is 5.44. The number of aromatic hydroxyl groups is 4. The molecular formula is C27H30O16. The average molecular weight is 611 g/mol. The van der Waals surface area contributed by atoms with Crippen LogP contribution in [0, 0.1) is 0 Å². The SMILES string of the molecule is O=c1cc(-c2ccc(O)c(O)c2)oc2c([C@@H]3O[C@@H](CO)[C@@H](O)[C@H](O)[C@H]3O)c(O)c([C@@H]3O[C@H](CO)[C@@H](O)[C@H](O)[C@H]3O)c(O)c12. The van der Waals surface area contributed by atoms with E-state index < -0.39 is 125 Å². The number of rotatable bonds is 5. The quantitative estimate of drug-likeness (QED) is 0.131. The molecule has 16 nitrogen and oxygen atoms in total. The van der Waals surface area contributed by atoms with Crippen molar-refractivity contribution in [1.29, 1.82) is 0 Å². The van der Waals surface area contributed by atoms with E-state index >= 15 is 0 Å². The molecule has 0 aliphatic carbocycles. The van der Waals surface area contributed by atoms with E-state index in [-0.39, 0.29) is 11.3 Å². The van der Waals surface area contributed by atoms with Gasteiger partial charge in [-0.2, -0.15) is 0 Å². The van der Waals surface area contributed by atoms with Crippen LogP contribution >= 0.6 is 0 Å². The van der Waals surface area contributed by atoms with Crippen LogP contribution in [0.1, 0.15) is 23.3 Å². The Morgan fingerprint density at radius 3 is 1.67 bits per heavy atom. The van der Waals surface area contributed by atoms with E-state index in [1.165, 1.54) is 6.07 Å². The van der Waals surface area contributed by atoms with Crippen LogP contribution in [0.25, 0.3) is 22.3 Å². The molecule has 0 amide bonds. The fourth-order valence-electron chi connectivity index (χ4n) is 5.44. The zero-order chi connectivity index (χ0) is 31.5. The first-order chi connectivity index (χ1) is 20.3. The van der Waals surface area contributed by atoms with Gasteiger partial charge in [0, 0.05) is 11.6 Å². The first-order valence-electron chi connectivity index (χ1n) is 13.0. The second-order valence-corrected chi connectivity index (χ2v) is 10.4. The lowest BCUT2D eigenvalue weighted by Crippen LogP contribution is -2.55. The molecule has 0 unspecified atom stereocenters. The number of hydrogen-bond acceptors (Lipinski definition) is 16. The molecule has 5 rings (SSSR count). The summed E-state index contributed by atoms with van der Waals surface area (Å²) in [5.41, 5.74) is -2.97. The van der Waals surface area contributed by atoms with Gasteiger partial charge in [0.2, 0.25) is 0 Å². The minimum Gasteiger partial charge on any atom is -0.507 e. The predicted octanol–water partition coefficient (Wildman–Crippen LogP) is -2.69. The van der Waals surface area contributed by atoms with E-state index in [1.807, 2.05) is 0 Å². The van der Waals surface area contributed by atoms with Crippen molar-refractivity contribution >= 4 is 11.0 Å². The molecule has 0 bridgehead atoms. The molecule has 43 heavy (non-hydrogen) atoms. The molecule has 3 aromatic rings. The number of aliphatic hydroxyl groups excluding tert-OH is 8. The summed E-state index contributed by atoms with van der Waals surface area (Å²) in [5.74, 6) is -3.43. The van der Waals surface area contributed by atoms with Crippen molar-refractivity contribution in [3.8, 4) is 34.3 Å². The molecule has 1 aromatic heterocycles. The highest BCUT2D eigenvalue weighted by molar-refractivity contribution is 5.92. The molecule has 0 radical (unpaired) electrons. The lowest BCUT2D eigenvalue weighted by molar-refractivity contribution is -0.234. The van der Waals surface area contributed by atoms with Crippen LogP contribution in [0.15, 0.2) is 33.5 Å². The summed E-state index contributed by atoms with van der Waals surface area (Å²) in [6.45, 7) is -1.75. The van der Waals surface area contributed by atoms with Gasteiger partial charge in [-0.25, -0.2) is 0 Å². The zero-order valence-corrected chi connectivity index (χ0v) is 22.0. The van der Waals surface area contributed by atoms with E-state index in [0.717, 1.165) is 18.2 Å². The third-order valence-electron chi connectivity index (χ3n) is 7.81. The zero-order valence-electron chi connectivity index (χ0n) is 22.0. The molecule has 2 aromatic carbocycles. The second kappa shape index (κ2) is 11.5. The maximum atomic E-state index is 13.5. The van der Waals surface area contributed by atoms with Crippen LogP contribution in [-0.4, -0.2) is 123 Å². The first-order valence-corrected chi connectivity index (χ1v) is 13.0. The van der Waals surface area contributed by atoms with Crippen molar-refractivity contribution in [3.05, 3.63) is 45.6 Å². The summed E-state index contributed by atoms with van der Waals surface area (Å²) in [6, 6.07) is 4.26. The van der Waals surface area contributed by atoms with E-state index in [0.29, 0.717) is 0 Å². The Kier molecular flexibility index (Phi) is 8.27. The molecule has 3 heterocycles. The summed E-state index contributed by atoms with van der Waals surface area (Å²) < 4.78 is 16.9. The van der Waals surface area contributed by atoms with Gasteiger partial charge in [0.05, 0.1) is 24.3 Å². The van der Waals surface area contributed by atoms with Gasteiger partial charge in [-0.05, 0) is 18.2 Å². The van der Waals surface area contributed by atoms with E-state index in [9.17, 15) is 66.1 Å². The Morgan fingerprint density at radius 2 is 1.16 bits per heavy atom. The molecule has 0 spiro atoms. The molecule has 0 saturated carbocycles. The van der Waals surface area contributed by atoms with Crippen LogP contribution < -0.4 is 5.43 Å². The molecule has 2 aliphatic heterocycles. The standard InChI is InChI=1S/C27H30O16/c28-5-12-17(33)21(37)23(39)26(42-12)15-19(35)14-10(32)4-11(7-1-2-8(30)9(31)3-7)41-25(14)16(20(15)36)27-24(40)22(38)18(34)13(6-29)43-27/h1-4,12-13,17-18,21-24,26-31,33-40H,5-6H2/t12-,13+,17-,18-,21+,22+,23-,24-,26+,27+/m1/s1. The number of fused-ring (bicyclic) bond motifs is 1. The van der Waals surface area contributed by atoms with Gasteiger partial charge in [0.15, 0.2) is 22.5 Å².